The Balaban J connectivity index is 1.84. The number of benzene rings is 3. The van der Waals surface area contributed by atoms with Crippen LogP contribution in [-0.2, 0) is 19.4 Å². The molecule has 0 bridgehead atoms. The highest BCUT2D eigenvalue weighted by molar-refractivity contribution is 7.91. The standard InChI is InChI=1S/C23H24O7S/c1-16-11-12-19-20(23(16)30-14-22(25)28-2)9-6-10-21(19)31(26,27)15-17(24)13-29-18-7-4-3-5-8-18/h3-12,17,24H,13-15H2,1-2H3. The number of methoxy groups -OCH3 is 1. The highest BCUT2D eigenvalue weighted by Gasteiger charge is 2.23. The SMILES string of the molecule is COC(=O)COc1c(C)ccc2c(S(=O)(=O)CC(O)COc3ccccc3)cccc12. The number of hydrogen-bond donors (Lipinski definition) is 1. The lowest BCUT2D eigenvalue weighted by Gasteiger charge is -2.16. The molecule has 3 rings (SSSR count). The predicted octanol–water partition coefficient (Wildman–Crippen LogP) is 2.91. The number of aryl methyl sites for hydroxylation is 1. The van der Waals surface area contributed by atoms with E-state index in [1.165, 1.54) is 13.2 Å². The van der Waals surface area contributed by atoms with Crippen molar-refractivity contribution in [2.75, 3.05) is 26.1 Å². The van der Waals surface area contributed by atoms with E-state index >= 15 is 0 Å². The Morgan fingerprint density at radius 3 is 2.42 bits per heavy atom. The molecule has 1 N–H and O–H groups in total. The number of hydrogen-bond acceptors (Lipinski definition) is 7. The van der Waals surface area contributed by atoms with E-state index < -0.39 is 27.7 Å². The van der Waals surface area contributed by atoms with Crippen LogP contribution in [0.3, 0.4) is 0 Å². The molecule has 0 saturated carbocycles. The molecule has 0 aliphatic heterocycles. The number of sulfone groups is 1. The van der Waals surface area contributed by atoms with E-state index in [-0.39, 0.29) is 18.1 Å². The fourth-order valence-electron chi connectivity index (χ4n) is 3.16. The molecule has 0 aliphatic rings. The first kappa shape index (κ1) is 22.6. The van der Waals surface area contributed by atoms with Gasteiger partial charge in [0.2, 0.25) is 0 Å². The first-order chi connectivity index (χ1) is 14.8. The van der Waals surface area contributed by atoms with Gasteiger partial charge in [-0.15, -0.1) is 0 Å². The summed E-state index contributed by atoms with van der Waals surface area (Å²) in [7, 11) is -2.57. The summed E-state index contributed by atoms with van der Waals surface area (Å²) in [5, 5.41) is 11.3. The van der Waals surface area contributed by atoms with Crippen LogP contribution in [-0.4, -0.2) is 51.7 Å². The van der Waals surface area contributed by atoms with E-state index in [1.807, 2.05) is 6.07 Å². The van der Waals surface area contributed by atoms with Gasteiger partial charge in [0, 0.05) is 10.8 Å². The molecule has 0 heterocycles. The summed E-state index contributed by atoms with van der Waals surface area (Å²) in [5.41, 5.74) is 0.752. The minimum atomic E-state index is -3.83. The topological polar surface area (TPSA) is 99.1 Å². The van der Waals surface area contributed by atoms with Gasteiger partial charge in [-0.3, -0.25) is 0 Å². The second-order valence-corrected chi connectivity index (χ2v) is 8.99. The minimum Gasteiger partial charge on any atom is -0.491 e. The Morgan fingerprint density at radius 1 is 0.968 bits per heavy atom. The van der Waals surface area contributed by atoms with Gasteiger partial charge < -0.3 is 19.3 Å². The van der Waals surface area contributed by atoms with Crippen molar-refractivity contribution in [1.82, 2.24) is 0 Å². The fourth-order valence-corrected chi connectivity index (χ4v) is 4.74. The van der Waals surface area contributed by atoms with Crippen LogP contribution in [0, 0.1) is 6.92 Å². The summed E-state index contributed by atoms with van der Waals surface area (Å²) in [6.45, 7) is 1.36. The lowest BCUT2D eigenvalue weighted by Crippen LogP contribution is -2.27. The second kappa shape index (κ2) is 9.80. The van der Waals surface area contributed by atoms with Gasteiger partial charge in [-0.1, -0.05) is 42.5 Å². The zero-order valence-corrected chi connectivity index (χ0v) is 18.1. The number of esters is 1. The smallest absolute Gasteiger partial charge is 0.343 e. The highest BCUT2D eigenvalue weighted by atomic mass is 32.2. The number of carbonyl (C=O) groups excluding carboxylic acids is 1. The lowest BCUT2D eigenvalue weighted by molar-refractivity contribution is -0.142. The third kappa shape index (κ3) is 5.53. The molecule has 7 nitrogen and oxygen atoms in total. The molecule has 0 spiro atoms. The molecule has 8 heteroatoms. The summed E-state index contributed by atoms with van der Waals surface area (Å²) in [6, 6.07) is 17.1. The Kier molecular flexibility index (Phi) is 7.14. The Morgan fingerprint density at radius 2 is 1.71 bits per heavy atom. The van der Waals surface area contributed by atoms with Gasteiger partial charge >= 0.3 is 5.97 Å². The summed E-state index contributed by atoms with van der Waals surface area (Å²) in [5.74, 6) is -0.0767. The molecule has 0 aliphatic carbocycles. The van der Waals surface area contributed by atoms with Gasteiger partial charge in [0.25, 0.3) is 0 Å². The molecule has 0 fully saturated rings. The molecular weight excluding hydrogens is 420 g/mol. The van der Waals surface area contributed by atoms with Crippen molar-refractivity contribution in [3.05, 3.63) is 66.2 Å². The third-order valence-electron chi connectivity index (χ3n) is 4.66. The molecule has 0 amide bonds. The molecular formula is C23H24O7S. The van der Waals surface area contributed by atoms with Gasteiger partial charge in [-0.2, -0.15) is 0 Å². The van der Waals surface area contributed by atoms with Crippen molar-refractivity contribution < 1.29 is 32.5 Å². The second-order valence-electron chi connectivity index (χ2n) is 6.99. The van der Waals surface area contributed by atoms with Gasteiger partial charge in [0.15, 0.2) is 16.4 Å². The van der Waals surface area contributed by atoms with Crippen molar-refractivity contribution in [3.63, 3.8) is 0 Å². The molecule has 0 aromatic heterocycles. The van der Waals surface area contributed by atoms with Gasteiger partial charge in [-0.25, -0.2) is 13.2 Å². The number of carbonyl (C=O) groups is 1. The Labute approximate surface area is 181 Å². The molecule has 0 saturated heterocycles. The minimum absolute atomic E-state index is 0.0756. The normalized spacial score (nSPS) is 12.4. The van der Waals surface area contributed by atoms with Crippen molar-refractivity contribution >= 4 is 26.6 Å². The van der Waals surface area contributed by atoms with Crippen LogP contribution in [0.15, 0.2) is 65.6 Å². The van der Waals surface area contributed by atoms with E-state index in [1.54, 1.807) is 55.5 Å². The van der Waals surface area contributed by atoms with Gasteiger partial charge in [-0.05, 0) is 30.7 Å². The number of aliphatic hydroxyl groups is 1. The molecule has 1 atom stereocenters. The van der Waals surface area contributed by atoms with Crippen molar-refractivity contribution in [2.45, 2.75) is 17.9 Å². The summed E-state index contributed by atoms with van der Waals surface area (Å²) >= 11 is 0. The van der Waals surface area contributed by atoms with Crippen molar-refractivity contribution in [1.29, 1.82) is 0 Å². The fraction of sp³-hybridized carbons (Fsp3) is 0.261. The lowest BCUT2D eigenvalue weighted by atomic mass is 10.1. The van der Waals surface area contributed by atoms with Crippen LogP contribution in [0.5, 0.6) is 11.5 Å². The van der Waals surface area contributed by atoms with E-state index in [2.05, 4.69) is 4.74 Å². The van der Waals surface area contributed by atoms with Crippen molar-refractivity contribution in [3.8, 4) is 11.5 Å². The largest absolute Gasteiger partial charge is 0.491 e. The Bertz CT molecular complexity index is 1160. The van der Waals surface area contributed by atoms with Gasteiger partial charge in [0.1, 0.15) is 24.2 Å². The van der Waals surface area contributed by atoms with Crippen LogP contribution < -0.4 is 9.47 Å². The average Bonchev–Trinajstić information content (AvgIpc) is 2.76. The van der Waals surface area contributed by atoms with Crippen LogP contribution in [0.25, 0.3) is 10.8 Å². The number of aliphatic hydroxyl groups excluding tert-OH is 1. The quantitative estimate of drug-likeness (QED) is 0.507. The van der Waals surface area contributed by atoms with Crippen molar-refractivity contribution in [2.24, 2.45) is 0 Å². The first-order valence-corrected chi connectivity index (χ1v) is 11.3. The number of fused-ring (bicyclic) bond motifs is 1. The first-order valence-electron chi connectivity index (χ1n) is 9.62. The maximum absolute atomic E-state index is 13.0. The van der Waals surface area contributed by atoms with Crippen LogP contribution in [0.2, 0.25) is 0 Å². The van der Waals surface area contributed by atoms with Crippen LogP contribution in [0.4, 0.5) is 0 Å². The predicted molar refractivity (Wildman–Crippen MR) is 116 cm³/mol. The zero-order valence-electron chi connectivity index (χ0n) is 17.3. The molecule has 0 radical (unpaired) electrons. The van der Waals surface area contributed by atoms with E-state index in [9.17, 15) is 18.3 Å². The summed E-state index contributed by atoms with van der Waals surface area (Å²) < 4.78 is 41.8. The maximum atomic E-state index is 13.0. The molecule has 3 aromatic carbocycles. The molecule has 3 aromatic rings. The maximum Gasteiger partial charge on any atom is 0.343 e. The summed E-state index contributed by atoms with van der Waals surface area (Å²) in [4.78, 5) is 11.5. The summed E-state index contributed by atoms with van der Waals surface area (Å²) in [6.07, 6.45) is -1.21. The Hall–Kier alpha value is -3.10. The zero-order chi connectivity index (χ0) is 22.4. The number of rotatable bonds is 9. The average molecular weight is 445 g/mol. The molecule has 1 unspecified atom stereocenters. The molecule has 164 valence electrons. The van der Waals surface area contributed by atoms with Crippen LogP contribution in [0.1, 0.15) is 5.56 Å². The van der Waals surface area contributed by atoms with Gasteiger partial charge in [0.05, 0.1) is 17.8 Å². The number of para-hydroxylation sites is 1. The third-order valence-corrected chi connectivity index (χ3v) is 6.51. The van der Waals surface area contributed by atoms with E-state index in [0.29, 0.717) is 22.3 Å². The number of ether oxygens (including phenoxy) is 3. The highest BCUT2D eigenvalue weighted by Crippen LogP contribution is 2.33. The monoisotopic (exact) mass is 444 g/mol. The van der Waals surface area contributed by atoms with Crippen LogP contribution >= 0.6 is 0 Å². The van der Waals surface area contributed by atoms with E-state index in [4.69, 9.17) is 9.47 Å². The molecule has 31 heavy (non-hydrogen) atoms. The van der Waals surface area contributed by atoms with E-state index in [0.717, 1.165) is 5.56 Å².